The SMILES string of the molecule is COc1ccc(/C=N\NC(=O)c2ccccc2C)cc1. The van der Waals surface area contributed by atoms with Gasteiger partial charge in [0.1, 0.15) is 5.75 Å². The second-order valence-corrected chi connectivity index (χ2v) is 4.29. The monoisotopic (exact) mass is 268 g/mol. The van der Waals surface area contributed by atoms with Crippen molar-refractivity contribution in [2.24, 2.45) is 5.10 Å². The van der Waals surface area contributed by atoms with Crippen LogP contribution in [0.5, 0.6) is 5.75 Å². The van der Waals surface area contributed by atoms with E-state index in [1.54, 1.807) is 19.4 Å². The number of hydrogen-bond acceptors (Lipinski definition) is 3. The van der Waals surface area contributed by atoms with Crippen molar-refractivity contribution >= 4 is 12.1 Å². The molecule has 0 atom stereocenters. The molecule has 20 heavy (non-hydrogen) atoms. The molecular formula is C16H16N2O2. The predicted octanol–water partition coefficient (Wildman–Crippen LogP) is 2.77. The summed E-state index contributed by atoms with van der Waals surface area (Å²) in [6.45, 7) is 1.89. The summed E-state index contributed by atoms with van der Waals surface area (Å²) in [5.74, 6) is 0.568. The quantitative estimate of drug-likeness (QED) is 0.684. The summed E-state index contributed by atoms with van der Waals surface area (Å²) in [6, 6.07) is 14.8. The van der Waals surface area contributed by atoms with Crippen LogP contribution in [0.3, 0.4) is 0 Å². The first-order chi connectivity index (χ1) is 9.70. The zero-order valence-electron chi connectivity index (χ0n) is 11.5. The number of nitrogens with one attached hydrogen (secondary N) is 1. The number of methoxy groups -OCH3 is 1. The molecule has 2 aromatic rings. The highest BCUT2D eigenvalue weighted by atomic mass is 16.5. The molecule has 0 unspecified atom stereocenters. The van der Waals surface area contributed by atoms with Gasteiger partial charge in [0.2, 0.25) is 0 Å². The number of aryl methyl sites for hydroxylation is 1. The molecule has 2 rings (SSSR count). The van der Waals surface area contributed by atoms with Gasteiger partial charge in [-0.25, -0.2) is 5.43 Å². The lowest BCUT2D eigenvalue weighted by atomic mass is 10.1. The van der Waals surface area contributed by atoms with Gasteiger partial charge in [-0.15, -0.1) is 0 Å². The zero-order chi connectivity index (χ0) is 14.4. The Morgan fingerprint density at radius 3 is 2.50 bits per heavy atom. The number of carbonyl (C=O) groups excluding carboxylic acids is 1. The third-order valence-electron chi connectivity index (χ3n) is 2.89. The van der Waals surface area contributed by atoms with Gasteiger partial charge in [-0.05, 0) is 48.4 Å². The summed E-state index contributed by atoms with van der Waals surface area (Å²) < 4.78 is 5.07. The molecule has 0 heterocycles. The molecule has 0 aromatic heterocycles. The second kappa shape index (κ2) is 6.52. The molecule has 0 bridgehead atoms. The van der Waals surface area contributed by atoms with Crippen LogP contribution in [0.4, 0.5) is 0 Å². The van der Waals surface area contributed by atoms with Gasteiger partial charge in [-0.1, -0.05) is 18.2 Å². The predicted molar refractivity (Wildman–Crippen MR) is 79.2 cm³/mol. The molecule has 0 saturated carbocycles. The highest BCUT2D eigenvalue weighted by Crippen LogP contribution is 2.10. The number of benzene rings is 2. The number of rotatable bonds is 4. The van der Waals surface area contributed by atoms with Gasteiger partial charge in [0.05, 0.1) is 13.3 Å². The standard InChI is InChI=1S/C16H16N2O2/c1-12-5-3-4-6-15(12)16(19)18-17-11-13-7-9-14(20-2)10-8-13/h3-11H,1-2H3,(H,18,19)/b17-11-. The molecular weight excluding hydrogens is 252 g/mol. The maximum Gasteiger partial charge on any atom is 0.271 e. The lowest BCUT2D eigenvalue weighted by molar-refractivity contribution is 0.0954. The number of hydrogen-bond donors (Lipinski definition) is 1. The summed E-state index contributed by atoms with van der Waals surface area (Å²) in [5.41, 5.74) is 4.95. The molecule has 102 valence electrons. The lowest BCUT2D eigenvalue weighted by Gasteiger charge is -2.03. The van der Waals surface area contributed by atoms with Crippen molar-refractivity contribution in [3.8, 4) is 5.75 Å². The van der Waals surface area contributed by atoms with Crippen LogP contribution in [0.25, 0.3) is 0 Å². The average molecular weight is 268 g/mol. The van der Waals surface area contributed by atoms with Gasteiger partial charge >= 0.3 is 0 Å². The first kappa shape index (κ1) is 13.8. The van der Waals surface area contributed by atoms with Crippen molar-refractivity contribution in [2.75, 3.05) is 7.11 Å². The summed E-state index contributed by atoms with van der Waals surface area (Å²) in [4.78, 5) is 11.9. The minimum Gasteiger partial charge on any atom is -0.497 e. The van der Waals surface area contributed by atoms with Crippen molar-refractivity contribution in [3.05, 3.63) is 65.2 Å². The van der Waals surface area contributed by atoms with E-state index in [0.717, 1.165) is 16.9 Å². The molecule has 0 radical (unpaired) electrons. The Kier molecular flexibility index (Phi) is 4.50. The van der Waals surface area contributed by atoms with Crippen LogP contribution in [0, 0.1) is 6.92 Å². The van der Waals surface area contributed by atoms with Crippen molar-refractivity contribution < 1.29 is 9.53 Å². The fourth-order valence-electron chi connectivity index (χ4n) is 1.74. The minimum atomic E-state index is -0.215. The average Bonchev–Trinajstić information content (AvgIpc) is 2.48. The zero-order valence-corrected chi connectivity index (χ0v) is 11.5. The minimum absolute atomic E-state index is 0.215. The number of carbonyl (C=O) groups is 1. The van der Waals surface area contributed by atoms with E-state index < -0.39 is 0 Å². The highest BCUT2D eigenvalue weighted by molar-refractivity contribution is 5.96. The fourth-order valence-corrected chi connectivity index (χ4v) is 1.74. The van der Waals surface area contributed by atoms with Crippen molar-refractivity contribution in [2.45, 2.75) is 6.92 Å². The molecule has 0 saturated heterocycles. The third-order valence-corrected chi connectivity index (χ3v) is 2.89. The van der Waals surface area contributed by atoms with E-state index in [2.05, 4.69) is 10.5 Å². The number of amides is 1. The molecule has 0 aliphatic rings. The summed E-state index contributed by atoms with van der Waals surface area (Å²) >= 11 is 0. The first-order valence-corrected chi connectivity index (χ1v) is 6.24. The number of ether oxygens (including phenoxy) is 1. The van der Waals surface area contributed by atoms with Crippen LogP contribution >= 0.6 is 0 Å². The summed E-state index contributed by atoms with van der Waals surface area (Å²) in [5, 5.41) is 3.95. The Morgan fingerprint density at radius 2 is 1.85 bits per heavy atom. The van der Waals surface area contributed by atoms with E-state index in [1.807, 2.05) is 49.4 Å². The van der Waals surface area contributed by atoms with Crippen LogP contribution in [0.2, 0.25) is 0 Å². The topological polar surface area (TPSA) is 50.7 Å². The maximum absolute atomic E-state index is 11.9. The van der Waals surface area contributed by atoms with Gasteiger partial charge in [0.25, 0.3) is 5.91 Å². The molecule has 1 amide bonds. The normalized spacial score (nSPS) is 10.5. The van der Waals surface area contributed by atoms with Crippen molar-refractivity contribution in [1.82, 2.24) is 5.43 Å². The second-order valence-electron chi connectivity index (χ2n) is 4.29. The van der Waals surface area contributed by atoms with E-state index in [9.17, 15) is 4.79 Å². The van der Waals surface area contributed by atoms with Crippen molar-refractivity contribution in [3.63, 3.8) is 0 Å². The molecule has 1 N–H and O–H groups in total. The largest absolute Gasteiger partial charge is 0.497 e. The Morgan fingerprint density at radius 1 is 1.15 bits per heavy atom. The molecule has 4 heteroatoms. The smallest absolute Gasteiger partial charge is 0.271 e. The molecule has 2 aromatic carbocycles. The lowest BCUT2D eigenvalue weighted by Crippen LogP contribution is -2.18. The van der Waals surface area contributed by atoms with Crippen molar-refractivity contribution in [1.29, 1.82) is 0 Å². The van der Waals surface area contributed by atoms with E-state index in [4.69, 9.17) is 4.74 Å². The fraction of sp³-hybridized carbons (Fsp3) is 0.125. The summed E-state index contributed by atoms with van der Waals surface area (Å²) in [6.07, 6.45) is 1.59. The highest BCUT2D eigenvalue weighted by Gasteiger charge is 2.05. The van der Waals surface area contributed by atoms with Gasteiger partial charge < -0.3 is 4.74 Å². The molecule has 0 fully saturated rings. The van der Waals surface area contributed by atoms with Crippen LogP contribution < -0.4 is 10.2 Å². The van der Waals surface area contributed by atoms with E-state index in [1.165, 1.54) is 0 Å². The van der Waals surface area contributed by atoms with Crippen LogP contribution in [0.1, 0.15) is 21.5 Å². The molecule has 0 aliphatic heterocycles. The van der Waals surface area contributed by atoms with Crippen LogP contribution in [-0.4, -0.2) is 19.2 Å². The molecule has 4 nitrogen and oxygen atoms in total. The first-order valence-electron chi connectivity index (χ1n) is 6.24. The van der Waals surface area contributed by atoms with Crippen LogP contribution in [0.15, 0.2) is 53.6 Å². The molecule has 0 aliphatic carbocycles. The summed E-state index contributed by atoms with van der Waals surface area (Å²) in [7, 11) is 1.62. The van der Waals surface area contributed by atoms with Crippen LogP contribution in [-0.2, 0) is 0 Å². The third kappa shape index (κ3) is 3.45. The Bertz CT molecular complexity index is 619. The van der Waals surface area contributed by atoms with Gasteiger partial charge in [0, 0.05) is 5.56 Å². The number of nitrogens with zero attached hydrogens (tertiary/aromatic N) is 1. The Hall–Kier alpha value is -2.62. The number of hydrazone groups is 1. The van der Waals surface area contributed by atoms with E-state index in [-0.39, 0.29) is 5.91 Å². The maximum atomic E-state index is 11.9. The molecule has 0 spiro atoms. The van der Waals surface area contributed by atoms with E-state index >= 15 is 0 Å². The van der Waals surface area contributed by atoms with E-state index in [0.29, 0.717) is 5.56 Å². The van der Waals surface area contributed by atoms with Gasteiger partial charge in [-0.3, -0.25) is 4.79 Å². The Balaban J connectivity index is 1.99. The Labute approximate surface area is 118 Å². The van der Waals surface area contributed by atoms with Gasteiger partial charge in [0.15, 0.2) is 0 Å². The van der Waals surface area contributed by atoms with Gasteiger partial charge in [-0.2, -0.15) is 5.10 Å².